The van der Waals surface area contributed by atoms with Crippen molar-refractivity contribution < 1.29 is 0 Å². The minimum absolute atomic E-state index is 0.694. The van der Waals surface area contributed by atoms with E-state index in [4.69, 9.17) is 0 Å². The minimum Gasteiger partial charge on any atom is -0.354 e. The Balaban J connectivity index is 1.70. The molecular weight excluding hydrogens is 362 g/mol. The highest BCUT2D eigenvalue weighted by Crippen LogP contribution is 2.36. The van der Waals surface area contributed by atoms with Gasteiger partial charge in [-0.05, 0) is 30.4 Å². The Labute approximate surface area is 184 Å². The van der Waals surface area contributed by atoms with Crippen LogP contribution in [-0.4, -0.2) is 4.98 Å². The number of rotatable bonds is 15. The summed E-state index contributed by atoms with van der Waals surface area (Å²) in [7, 11) is 0. The zero-order chi connectivity index (χ0) is 21.0. The summed E-state index contributed by atoms with van der Waals surface area (Å²) in [4.78, 5) is 3.76. The molecule has 0 fully saturated rings. The lowest BCUT2D eigenvalue weighted by atomic mass is 9.87. The second-order valence-corrected chi connectivity index (χ2v) is 9.25. The number of aromatic amines is 1. The van der Waals surface area contributed by atoms with Gasteiger partial charge in [0.1, 0.15) is 0 Å². The predicted molar refractivity (Wildman–Crippen MR) is 135 cm³/mol. The van der Waals surface area contributed by atoms with Gasteiger partial charge in [0.15, 0.2) is 0 Å². The summed E-state index contributed by atoms with van der Waals surface area (Å²) >= 11 is 0. The third-order valence-corrected chi connectivity index (χ3v) is 6.83. The summed E-state index contributed by atoms with van der Waals surface area (Å²) in [6, 6.07) is 15.8. The quantitative estimate of drug-likeness (QED) is 0.242. The van der Waals surface area contributed by atoms with Crippen molar-refractivity contribution in [3.63, 3.8) is 0 Å². The Morgan fingerprint density at radius 1 is 0.600 bits per heavy atom. The highest BCUT2D eigenvalue weighted by atomic mass is 14.7. The van der Waals surface area contributed by atoms with E-state index in [1.807, 2.05) is 0 Å². The lowest BCUT2D eigenvalue weighted by Crippen LogP contribution is -2.01. The van der Waals surface area contributed by atoms with Crippen LogP contribution in [0.1, 0.15) is 115 Å². The van der Waals surface area contributed by atoms with Crippen LogP contribution in [0.25, 0.3) is 21.8 Å². The van der Waals surface area contributed by atoms with E-state index in [1.54, 1.807) is 5.56 Å². The van der Waals surface area contributed by atoms with Crippen molar-refractivity contribution in [3.8, 4) is 0 Å². The summed E-state index contributed by atoms with van der Waals surface area (Å²) in [5, 5.41) is 2.77. The molecule has 0 unspecified atom stereocenters. The first-order valence-corrected chi connectivity index (χ1v) is 12.8. The van der Waals surface area contributed by atoms with Gasteiger partial charge in [0, 0.05) is 21.8 Å². The van der Waals surface area contributed by atoms with Gasteiger partial charge in [-0.15, -0.1) is 0 Å². The third kappa shape index (κ3) is 6.37. The molecule has 3 aromatic rings. The van der Waals surface area contributed by atoms with Gasteiger partial charge in [0.25, 0.3) is 0 Å². The number of para-hydroxylation sites is 2. The lowest BCUT2D eigenvalue weighted by molar-refractivity contribution is 0.488. The molecule has 1 aromatic heterocycles. The third-order valence-electron chi connectivity index (χ3n) is 6.83. The molecule has 1 heteroatoms. The van der Waals surface area contributed by atoms with Crippen molar-refractivity contribution in [1.82, 2.24) is 4.98 Å². The Hall–Kier alpha value is -1.76. The van der Waals surface area contributed by atoms with Crippen LogP contribution < -0.4 is 0 Å². The number of fused-ring (bicyclic) bond motifs is 3. The molecule has 3 rings (SSSR count). The van der Waals surface area contributed by atoms with Crippen molar-refractivity contribution in [1.29, 1.82) is 0 Å². The van der Waals surface area contributed by atoms with Crippen molar-refractivity contribution in [2.75, 3.05) is 0 Å². The normalized spacial score (nSPS) is 11.8. The highest BCUT2D eigenvalue weighted by Gasteiger charge is 2.16. The first kappa shape index (κ1) is 22.9. The van der Waals surface area contributed by atoms with Crippen LogP contribution in [0.4, 0.5) is 0 Å². The Morgan fingerprint density at radius 2 is 1.17 bits per heavy atom. The molecule has 1 heterocycles. The first-order chi connectivity index (χ1) is 14.8. The molecule has 164 valence electrons. The van der Waals surface area contributed by atoms with Gasteiger partial charge in [0.05, 0.1) is 0 Å². The van der Waals surface area contributed by atoms with Gasteiger partial charge in [-0.1, -0.05) is 127 Å². The minimum atomic E-state index is 0.694. The van der Waals surface area contributed by atoms with Gasteiger partial charge >= 0.3 is 0 Å². The molecule has 0 spiro atoms. The van der Waals surface area contributed by atoms with E-state index in [-0.39, 0.29) is 0 Å². The van der Waals surface area contributed by atoms with E-state index >= 15 is 0 Å². The number of benzene rings is 2. The molecule has 1 N–H and O–H groups in total. The number of unbranched alkanes of at least 4 members (excludes halogenated alkanes) is 10. The molecule has 0 aliphatic heterocycles. The molecule has 0 saturated carbocycles. The smallest absolute Gasteiger partial charge is 0.0500 e. The van der Waals surface area contributed by atoms with Crippen molar-refractivity contribution >= 4 is 21.8 Å². The summed E-state index contributed by atoms with van der Waals surface area (Å²) < 4.78 is 0. The molecule has 0 atom stereocenters. The van der Waals surface area contributed by atoms with E-state index in [9.17, 15) is 0 Å². The maximum absolute atomic E-state index is 3.76. The summed E-state index contributed by atoms with van der Waals surface area (Å²) in [6.07, 6.45) is 19.4. The molecule has 0 aliphatic rings. The maximum Gasteiger partial charge on any atom is 0.0500 e. The average molecular weight is 406 g/mol. The largest absolute Gasteiger partial charge is 0.354 e. The fourth-order valence-electron chi connectivity index (χ4n) is 5.03. The topological polar surface area (TPSA) is 15.8 Å². The monoisotopic (exact) mass is 405 g/mol. The summed E-state index contributed by atoms with van der Waals surface area (Å²) in [5.74, 6) is 0.694. The second-order valence-electron chi connectivity index (χ2n) is 9.25. The number of nitrogens with one attached hydrogen (secondary N) is 1. The highest BCUT2D eigenvalue weighted by molar-refractivity contribution is 6.08. The Bertz CT molecular complexity index is 843. The first-order valence-electron chi connectivity index (χ1n) is 12.8. The zero-order valence-electron chi connectivity index (χ0n) is 19.5. The van der Waals surface area contributed by atoms with E-state index in [0.717, 1.165) is 0 Å². The van der Waals surface area contributed by atoms with Crippen LogP contribution in [-0.2, 0) is 0 Å². The number of hydrogen-bond acceptors (Lipinski definition) is 0. The fraction of sp³-hybridized carbons (Fsp3) is 0.586. The van der Waals surface area contributed by atoms with Crippen LogP contribution >= 0.6 is 0 Å². The SMILES string of the molecule is CCCCCCCCC(CCCCCCCC)c1cccc2c1[nH]c1ccccc12. The number of hydrogen-bond donors (Lipinski definition) is 1. The summed E-state index contributed by atoms with van der Waals surface area (Å²) in [5.41, 5.74) is 4.23. The van der Waals surface area contributed by atoms with Gasteiger partial charge in [-0.3, -0.25) is 0 Å². The maximum atomic E-state index is 3.76. The van der Waals surface area contributed by atoms with Crippen molar-refractivity contribution in [3.05, 3.63) is 48.0 Å². The average Bonchev–Trinajstić information content (AvgIpc) is 3.16. The van der Waals surface area contributed by atoms with Gasteiger partial charge in [-0.25, -0.2) is 0 Å². The van der Waals surface area contributed by atoms with Gasteiger partial charge < -0.3 is 4.98 Å². The molecule has 0 bridgehead atoms. The van der Waals surface area contributed by atoms with Crippen molar-refractivity contribution in [2.45, 2.75) is 110 Å². The van der Waals surface area contributed by atoms with Crippen LogP contribution in [0.2, 0.25) is 0 Å². The second kappa shape index (κ2) is 12.8. The molecule has 0 aliphatic carbocycles. The molecule has 1 nitrogen and oxygen atoms in total. The lowest BCUT2D eigenvalue weighted by Gasteiger charge is -2.19. The van der Waals surface area contributed by atoms with E-state index in [1.165, 1.54) is 112 Å². The van der Waals surface area contributed by atoms with Gasteiger partial charge in [-0.2, -0.15) is 0 Å². The van der Waals surface area contributed by atoms with Crippen LogP contribution in [0.5, 0.6) is 0 Å². The zero-order valence-corrected chi connectivity index (χ0v) is 19.5. The fourth-order valence-corrected chi connectivity index (χ4v) is 5.03. The van der Waals surface area contributed by atoms with Crippen molar-refractivity contribution in [2.24, 2.45) is 0 Å². The predicted octanol–water partition coefficient (Wildman–Crippen LogP) is 9.91. The summed E-state index contributed by atoms with van der Waals surface area (Å²) in [6.45, 7) is 4.61. The van der Waals surface area contributed by atoms with E-state index < -0.39 is 0 Å². The van der Waals surface area contributed by atoms with E-state index in [2.05, 4.69) is 61.3 Å². The Morgan fingerprint density at radius 3 is 1.83 bits per heavy atom. The molecule has 0 saturated heterocycles. The van der Waals surface area contributed by atoms with Crippen LogP contribution in [0.3, 0.4) is 0 Å². The molecule has 0 amide bonds. The standard InChI is InChI=1S/C29H43N/c1-3-5-7-9-11-13-18-24(19-14-12-10-8-6-4-2)25-21-17-22-27-26-20-15-16-23-28(26)30-29(25)27/h15-17,20-24,30H,3-14,18-19H2,1-2H3. The molecular formula is C29H43N. The van der Waals surface area contributed by atoms with Crippen LogP contribution in [0.15, 0.2) is 42.5 Å². The van der Waals surface area contributed by atoms with E-state index in [0.29, 0.717) is 5.92 Å². The molecule has 2 aromatic carbocycles. The number of H-pyrrole nitrogens is 1. The number of aromatic nitrogens is 1. The Kier molecular flexibility index (Phi) is 9.80. The van der Waals surface area contributed by atoms with Crippen LogP contribution in [0, 0.1) is 0 Å². The molecule has 30 heavy (non-hydrogen) atoms. The van der Waals surface area contributed by atoms with Gasteiger partial charge in [0.2, 0.25) is 0 Å². The molecule has 0 radical (unpaired) electrons.